The van der Waals surface area contributed by atoms with Crippen LogP contribution in [0.25, 0.3) is 0 Å². The first-order valence-corrected chi connectivity index (χ1v) is 6.17. The highest BCUT2D eigenvalue weighted by atomic mass is 16.7. The Morgan fingerprint density at radius 2 is 1.28 bits per heavy atom. The molecule has 0 saturated carbocycles. The molecule has 1 heterocycles. The van der Waals surface area contributed by atoms with Crippen molar-refractivity contribution in [1.82, 2.24) is 0 Å². The van der Waals surface area contributed by atoms with Crippen LogP contribution in [0.4, 0.5) is 0 Å². The Morgan fingerprint density at radius 3 is 1.78 bits per heavy atom. The summed E-state index contributed by atoms with van der Waals surface area (Å²) in [6.45, 7) is 4.48. The van der Waals surface area contributed by atoms with E-state index in [9.17, 15) is 0 Å². The minimum atomic E-state index is 0.270. The SMILES string of the molecule is Cc1ccc2c(c1)Cc1cc(C)ccc1OCO2. The largest absolute Gasteiger partial charge is 0.457 e. The van der Waals surface area contributed by atoms with Crippen LogP contribution in [0.15, 0.2) is 36.4 Å². The normalized spacial score (nSPS) is 13.4. The third-order valence-corrected chi connectivity index (χ3v) is 3.24. The fourth-order valence-electron chi connectivity index (χ4n) is 2.34. The van der Waals surface area contributed by atoms with Crippen LogP contribution in [0.3, 0.4) is 0 Å². The molecule has 0 bridgehead atoms. The van der Waals surface area contributed by atoms with Gasteiger partial charge in [0, 0.05) is 6.42 Å². The van der Waals surface area contributed by atoms with Gasteiger partial charge in [0.1, 0.15) is 11.5 Å². The molecule has 2 nitrogen and oxygen atoms in total. The van der Waals surface area contributed by atoms with Crippen LogP contribution in [-0.2, 0) is 6.42 Å². The Morgan fingerprint density at radius 1 is 0.778 bits per heavy atom. The van der Waals surface area contributed by atoms with Crippen molar-refractivity contribution in [2.24, 2.45) is 0 Å². The molecule has 18 heavy (non-hydrogen) atoms. The molecule has 1 aliphatic heterocycles. The quantitative estimate of drug-likeness (QED) is 0.700. The van der Waals surface area contributed by atoms with Crippen molar-refractivity contribution < 1.29 is 9.47 Å². The van der Waals surface area contributed by atoms with Crippen LogP contribution in [0, 0.1) is 13.8 Å². The van der Waals surface area contributed by atoms with E-state index >= 15 is 0 Å². The van der Waals surface area contributed by atoms with Gasteiger partial charge in [-0.05, 0) is 37.1 Å². The van der Waals surface area contributed by atoms with Gasteiger partial charge in [0.15, 0.2) is 0 Å². The molecule has 0 N–H and O–H groups in total. The number of aryl methyl sites for hydroxylation is 2. The fourth-order valence-corrected chi connectivity index (χ4v) is 2.34. The lowest BCUT2D eigenvalue weighted by molar-refractivity contribution is 0.115. The molecule has 0 saturated heterocycles. The van der Waals surface area contributed by atoms with Gasteiger partial charge in [-0.3, -0.25) is 0 Å². The Bertz CT molecular complexity index is 536. The summed E-state index contributed by atoms with van der Waals surface area (Å²) in [6.07, 6.45) is 0.855. The topological polar surface area (TPSA) is 18.5 Å². The average molecular weight is 240 g/mol. The number of benzene rings is 2. The lowest BCUT2D eigenvalue weighted by atomic mass is 9.99. The van der Waals surface area contributed by atoms with E-state index in [1.54, 1.807) is 0 Å². The van der Waals surface area contributed by atoms with Crippen LogP contribution >= 0.6 is 0 Å². The summed E-state index contributed by atoms with van der Waals surface area (Å²) in [5.74, 6) is 1.85. The summed E-state index contributed by atoms with van der Waals surface area (Å²) >= 11 is 0. The smallest absolute Gasteiger partial charge is 0.230 e. The summed E-state index contributed by atoms with van der Waals surface area (Å²) < 4.78 is 11.3. The lowest BCUT2D eigenvalue weighted by Crippen LogP contribution is -2.12. The Kier molecular flexibility index (Phi) is 2.71. The van der Waals surface area contributed by atoms with Gasteiger partial charge in [0.05, 0.1) is 0 Å². The zero-order chi connectivity index (χ0) is 12.5. The third kappa shape index (κ3) is 2.06. The van der Waals surface area contributed by atoms with Crippen molar-refractivity contribution in [3.05, 3.63) is 58.7 Å². The summed E-state index contributed by atoms with van der Waals surface area (Å²) in [5.41, 5.74) is 4.97. The van der Waals surface area contributed by atoms with E-state index in [0.29, 0.717) is 0 Å². The summed E-state index contributed by atoms with van der Waals surface area (Å²) in [7, 11) is 0. The second-order valence-electron chi connectivity index (χ2n) is 4.81. The minimum Gasteiger partial charge on any atom is -0.457 e. The van der Waals surface area contributed by atoms with Gasteiger partial charge in [-0.2, -0.15) is 0 Å². The molecule has 3 rings (SSSR count). The predicted molar refractivity (Wildman–Crippen MR) is 71.3 cm³/mol. The van der Waals surface area contributed by atoms with Crippen molar-refractivity contribution in [3.8, 4) is 11.5 Å². The summed E-state index contributed by atoms with van der Waals surface area (Å²) in [5, 5.41) is 0. The van der Waals surface area contributed by atoms with Gasteiger partial charge < -0.3 is 9.47 Å². The first-order chi connectivity index (χ1) is 8.72. The van der Waals surface area contributed by atoms with E-state index in [1.807, 2.05) is 12.1 Å². The highest BCUT2D eigenvalue weighted by molar-refractivity contribution is 5.46. The molecule has 2 heteroatoms. The average Bonchev–Trinajstić information content (AvgIpc) is 2.32. The van der Waals surface area contributed by atoms with Crippen LogP contribution in [0.5, 0.6) is 11.5 Å². The highest BCUT2D eigenvalue weighted by Crippen LogP contribution is 2.30. The van der Waals surface area contributed by atoms with E-state index in [0.717, 1.165) is 17.9 Å². The zero-order valence-electron chi connectivity index (χ0n) is 10.7. The molecule has 92 valence electrons. The van der Waals surface area contributed by atoms with Crippen molar-refractivity contribution in [3.63, 3.8) is 0 Å². The number of hydrogen-bond donors (Lipinski definition) is 0. The van der Waals surface area contributed by atoms with E-state index < -0.39 is 0 Å². The van der Waals surface area contributed by atoms with E-state index in [1.165, 1.54) is 22.3 Å². The second kappa shape index (κ2) is 4.37. The molecular weight excluding hydrogens is 224 g/mol. The minimum absolute atomic E-state index is 0.270. The number of hydrogen-bond acceptors (Lipinski definition) is 2. The van der Waals surface area contributed by atoms with Crippen LogP contribution in [0.1, 0.15) is 22.3 Å². The van der Waals surface area contributed by atoms with Gasteiger partial charge in [0.2, 0.25) is 6.79 Å². The molecule has 2 aromatic carbocycles. The Balaban J connectivity index is 2.08. The molecule has 0 aliphatic carbocycles. The molecular formula is C16H16O2. The highest BCUT2D eigenvalue weighted by Gasteiger charge is 2.13. The lowest BCUT2D eigenvalue weighted by Gasteiger charge is -2.19. The second-order valence-corrected chi connectivity index (χ2v) is 4.81. The molecule has 0 fully saturated rings. The third-order valence-electron chi connectivity index (χ3n) is 3.24. The number of rotatable bonds is 0. The van der Waals surface area contributed by atoms with Gasteiger partial charge >= 0.3 is 0 Å². The summed E-state index contributed by atoms with van der Waals surface area (Å²) in [4.78, 5) is 0. The standard InChI is InChI=1S/C16H16O2/c1-11-3-5-15-13(7-11)9-14-8-12(2)4-6-16(14)18-10-17-15/h3-8H,9-10H2,1-2H3. The molecule has 0 amide bonds. The first kappa shape index (κ1) is 11.1. The van der Waals surface area contributed by atoms with Gasteiger partial charge in [-0.25, -0.2) is 0 Å². The first-order valence-electron chi connectivity index (χ1n) is 6.17. The molecule has 2 aromatic rings. The maximum Gasteiger partial charge on any atom is 0.230 e. The maximum absolute atomic E-state index is 5.65. The molecule has 0 spiro atoms. The van der Waals surface area contributed by atoms with Crippen LogP contribution in [0.2, 0.25) is 0 Å². The molecule has 0 radical (unpaired) electrons. The Labute approximate surface area is 107 Å². The molecule has 0 aromatic heterocycles. The molecule has 1 aliphatic rings. The van der Waals surface area contributed by atoms with Crippen LogP contribution < -0.4 is 9.47 Å². The predicted octanol–water partition coefficient (Wildman–Crippen LogP) is 3.62. The maximum atomic E-state index is 5.65. The van der Waals surface area contributed by atoms with Crippen molar-refractivity contribution >= 4 is 0 Å². The van der Waals surface area contributed by atoms with Crippen molar-refractivity contribution in [1.29, 1.82) is 0 Å². The van der Waals surface area contributed by atoms with Crippen molar-refractivity contribution in [2.45, 2.75) is 20.3 Å². The number of fused-ring (bicyclic) bond motifs is 2. The monoisotopic (exact) mass is 240 g/mol. The Hall–Kier alpha value is -1.96. The number of ether oxygens (including phenoxy) is 2. The van der Waals surface area contributed by atoms with Gasteiger partial charge in [-0.1, -0.05) is 35.4 Å². The van der Waals surface area contributed by atoms with Gasteiger partial charge in [-0.15, -0.1) is 0 Å². The van der Waals surface area contributed by atoms with E-state index in [-0.39, 0.29) is 6.79 Å². The van der Waals surface area contributed by atoms with E-state index in [4.69, 9.17) is 9.47 Å². The molecule has 0 unspecified atom stereocenters. The van der Waals surface area contributed by atoms with Gasteiger partial charge in [0.25, 0.3) is 0 Å². The molecule has 0 atom stereocenters. The van der Waals surface area contributed by atoms with Crippen LogP contribution in [-0.4, -0.2) is 6.79 Å². The van der Waals surface area contributed by atoms with Crippen molar-refractivity contribution in [2.75, 3.05) is 6.79 Å². The van der Waals surface area contributed by atoms with E-state index in [2.05, 4.69) is 38.1 Å². The fraction of sp³-hybridized carbons (Fsp3) is 0.250. The summed E-state index contributed by atoms with van der Waals surface area (Å²) in [6, 6.07) is 12.6. The zero-order valence-corrected chi connectivity index (χ0v) is 10.7.